The monoisotopic (exact) mass is 402 g/mol. The van der Waals surface area contributed by atoms with Gasteiger partial charge in [-0.2, -0.15) is 0 Å². The van der Waals surface area contributed by atoms with E-state index in [1.165, 1.54) is 57.8 Å². The van der Waals surface area contributed by atoms with Gasteiger partial charge in [0.2, 0.25) is 0 Å². The Morgan fingerprint density at radius 2 is 1.79 bits per heavy atom. The highest BCUT2D eigenvalue weighted by atomic mass is 16.6. The van der Waals surface area contributed by atoms with Crippen molar-refractivity contribution in [2.75, 3.05) is 20.3 Å². The second-order valence-electron chi connectivity index (χ2n) is 8.91. The number of esters is 1. The fraction of sp³-hybridized carbons (Fsp3) is 0.619. The van der Waals surface area contributed by atoms with Crippen LogP contribution in [0.2, 0.25) is 0 Å². The Kier molecular flexibility index (Phi) is 5.19. The van der Waals surface area contributed by atoms with E-state index in [0.717, 1.165) is 23.8 Å². The smallest absolute Gasteiger partial charge is 0.338 e. The number of carbonyl (C=O) groups excluding carboxylic acids is 2. The summed E-state index contributed by atoms with van der Waals surface area (Å²) in [6.45, 7) is 0.242. The van der Waals surface area contributed by atoms with Gasteiger partial charge in [-0.25, -0.2) is 4.79 Å². The van der Waals surface area contributed by atoms with Crippen LogP contribution in [0.3, 0.4) is 0 Å². The largest absolute Gasteiger partial charge is 0.490 e. The van der Waals surface area contributed by atoms with E-state index < -0.39 is 17.5 Å². The summed E-state index contributed by atoms with van der Waals surface area (Å²) < 4.78 is 9.97. The third-order valence-corrected chi connectivity index (χ3v) is 6.77. The molecule has 4 aliphatic rings. The van der Waals surface area contributed by atoms with E-state index in [9.17, 15) is 19.7 Å². The number of benzene rings is 1. The fourth-order valence-corrected chi connectivity index (χ4v) is 6.02. The van der Waals surface area contributed by atoms with Gasteiger partial charge in [0, 0.05) is 12.6 Å². The Hall–Kier alpha value is -2.64. The summed E-state index contributed by atoms with van der Waals surface area (Å²) in [6.07, 6.45) is 7.61. The van der Waals surface area contributed by atoms with Gasteiger partial charge in [0.1, 0.15) is 0 Å². The number of hydrogen-bond acceptors (Lipinski definition) is 6. The van der Waals surface area contributed by atoms with Crippen LogP contribution in [-0.2, 0) is 9.53 Å². The molecule has 0 saturated heterocycles. The molecule has 1 aromatic carbocycles. The van der Waals surface area contributed by atoms with Gasteiger partial charge in [0.25, 0.3) is 5.91 Å². The van der Waals surface area contributed by atoms with E-state index in [4.69, 9.17) is 9.47 Å². The van der Waals surface area contributed by atoms with Crippen molar-refractivity contribution >= 4 is 17.6 Å². The number of nitrogens with zero attached hydrogens (tertiary/aromatic N) is 1. The minimum atomic E-state index is -0.777. The summed E-state index contributed by atoms with van der Waals surface area (Å²) in [5.41, 5.74) is -0.107. The summed E-state index contributed by atoms with van der Waals surface area (Å²) in [6, 6.07) is 3.80. The Balaban J connectivity index is 1.29. The normalized spacial score (nSPS) is 29.3. The summed E-state index contributed by atoms with van der Waals surface area (Å²) in [4.78, 5) is 34.9. The average Bonchev–Trinajstić information content (AvgIpc) is 2.69. The van der Waals surface area contributed by atoms with Crippen LogP contribution in [0, 0.1) is 33.3 Å². The fourth-order valence-electron chi connectivity index (χ4n) is 6.02. The zero-order valence-electron chi connectivity index (χ0n) is 16.5. The molecule has 0 aromatic heterocycles. The quantitative estimate of drug-likeness (QED) is 0.427. The van der Waals surface area contributed by atoms with Crippen LogP contribution in [0.4, 0.5) is 5.69 Å². The van der Waals surface area contributed by atoms with E-state index in [0.29, 0.717) is 6.54 Å². The van der Waals surface area contributed by atoms with E-state index >= 15 is 0 Å². The van der Waals surface area contributed by atoms with Crippen molar-refractivity contribution in [2.45, 2.75) is 38.5 Å². The number of nitro benzene ring substituents is 1. The first-order chi connectivity index (χ1) is 13.9. The van der Waals surface area contributed by atoms with Crippen LogP contribution in [0.15, 0.2) is 18.2 Å². The van der Waals surface area contributed by atoms with E-state index in [1.807, 2.05) is 0 Å². The second kappa shape index (κ2) is 7.65. The SMILES string of the molecule is COc1ccc(C(=O)OCC(=O)NCC23CC4CC(CC(C4)C2)C3)cc1[N+](=O)[O-]. The molecule has 0 heterocycles. The lowest BCUT2D eigenvalue weighted by Crippen LogP contribution is -2.51. The zero-order chi connectivity index (χ0) is 20.6. The number of nitrogens with one attached hydrogen (secondary N) is 1. The molecule has 4 fully saturated rings. The Morgan fingerprint density at radius 1 is 1.17 bits per heavy atom. The second-order valence-corrected chi connectivity index (χ2v) is 8.91. The van der Waals surface area contributed by atoms with Gasteiger partial charge in [-0.3, -0.25) is 14.9 Å². The minimum Gasteiger partial charge on any atom is -0.490 e. The van der Waals surface area contributed by atoms with Gasteiger partial charge in [0.15, 0.2) is 12.4 Å². The summed E-state index contributed by atoms with van der Waals surface area (Å²) in [5.74, 6) is 1.36. The number of ether oxygens (including phenoxy) is 2. The lowest BCUT2D eigenvalue weighted by atomic mass is 9.49. The molecule has 0 radical (unpaired) electrons. The molecule has 0 atom stereocenters. The maximum Gasteiger partial charge on any atom is 0.338 e. The molecule has 0 aliphatic heterocycles. The van der Waals surface area contributed by atoms with Crippen molar-refractivity contribution in [2.24, 2.45) is 23.2 Å². The molecule has 5 rings (SSSR count). The van der Waals surface area contributed by atoms with Crippen molar-refractivity contribution in [3.05, 3.63) is 33.9 Å². The molecule has 4 aliphatic carbocycles. The first-order valence-electron chi connectivity index (χ1n) is 10.1. The van der Waals surface area contributed by atoms with Gasteiger partial charge < -0.3 is 14.8 Å². The molecule has 4 bridgehead atoms. The molecule has 0 spiro atoms. The van der Waals surface area contributed by atoms with Gasteiger partial charge in [-0.05, 0) is 73.8 Å². The molecule has 0 unspecified atom stereocenters. The highest BCUT2D eigenvalue weighted by molar-refractivity contribution is 5.92. The third-order valence-electron chi connectivity index (χ3n) is 6.77. The van der Waals surface area contributed by atoms with Gasteiger partial charge >= 0.3 is 11.7 Å². The first kappa shape index (κ1) is 19.7. The molecule has 8 heteroatoms. The Morgan fingerprint density at radius 3 is 2.34 bits per heavy atom. The van der Waals surface area contributed by atoms with Gasteiger partial charge in [-0.1, -0.05) is 0 Å². The summed E-state index contributed by atoms with van der Waals surface area (Å²) >= 11 is 0. The van der Waals surface area contributed by atoms with Crippen LogP contribution in [-0.4, -0.2) is 37.1 Å². The van der Waals surface area contributed by atoms with E-state index in [2.05, 4.69) is 5.32 Å². The molecule has 1 amide bonds. The maximum absolute atomic E-state index is 12.2. The molecule has 156 valence electrons. The van der Waals surface area contributed by atoms with Crippen LogP contribution in [0.1, 0.15) is 48.9 Å². The average molecular weight is 402 g/mol. The van der Waals surface area contributed by atoms with Crippen LogP contribution >= 0.6 is 0 Å². The van der Waals surface area contributed by atoms with E-state index in [1.54, 1.807) is 0 Å². The van der Waals surface area contributed by atoms with Crippen molar-refractivity contribution in [1.82, 2.24) is 5.32 Å². The van der Waals surface area contributed by atoms with Gasteiger partial charge in [0.05, 0.1) is 17.6 Å². The summed E-state index contributed by atoms with van der Waals surface area (Å²) in [7, 11) is 1.31. The van der Waals surface area contributed by atoms with Crippen molar-refractivity contribution < 1.29 is 24.0 Å². The number of hydrogen-bond donors (Lipinski definition) is 1. The molecule has 8 nitrogen and oxygen atoms in total. The highest BCUT2D eigenvalue weighted by Crippen LogP contribution is 2.59. The molecule has 4 saturated carbocycles. The van der Waals surface area contributed by atoms with Crippen molar-refractivity contribution in [1.29, 1.82) is 0 Å². The third kappa shape index (κ3) is 4.06. The zero-order valence-corrected chi connectivity index (χ0v) is 16.5. The molecule has 1 N–H and O–H groups in total. The number of nitro groups is 1. The number of rotatable bonds is 7. The molecule has 29 heavy (non-hydrogen) atoms. The standard InChI is InChI=1S/C21H26N2O6/c1-28-18-3-2-16(7-17(18)23(26)27)20(25)29-11-19(24)22-12-21-8-13-4-14(9-21)6-15(5-13)10-21/h2-3,7,13-15H,4-6,8-12H2,1H3,(H,22,24). The number of carbonyl (C=O) groups is 2. The lowest BCUT2D eigenvalue weighted by molar-refractivity contribution is -0.385. The van der Waals surface area contributed by atoms with Crippen LogP contribution < -0.4 is 10.1 Å². The lowest BCUT2D eigenvalue weighted by Gasteiger charge is -2.56. The maximum atomic E-state index is 12.2. The van der Waals surface area contributed by atoms with Crippen molar-refractivity contribution in [3.63, 3.8) is 0 Å². The first-order valence-corrected chi connectivity index (χ1v) is 10.1. The molecular weight excluding hydrogens is 376 g/mol. The predicted octanol–water partition coefficient (Wildman–Crippen LogP) is 3.09. The Bertz CT molecular complexity index is 801. The van der Waals surface area contributed by atoms with Gasteiger partial charge in [-0.15, -0.1) is 0 Å². The van der Waals surface area contributed by atoms with Crippen LogP contribution in [0.5, 0.6) is 5.75 Å². The molecule has 1 aromatic rings. The minimum absolute atomic E-state index is 0.00591. The highest BCUT2D eigenvalue weighted by Gasteiger charge is 2.50. The molecular formula is C21H26N2O6. The Labute approximate surface area is 169 Å². The van der Waals surface area contributed by atoms with Crippen LogP contribution in [0.25, 0.3) is 0 Å². The summed E-state index contributed by atoms with van der Waals surface area (Å²) in [5, 5.41) is 14.0. The van der Waals surface area contributed by atoms with E-state index in [-0.39, 0.29) is 28.3 Å². The topological polar surface area (TPSA) is 108 Å². The number of amides is 1. The predicted molar refractivity (Wildman–Crippen MR) is 104 cm³/mol. The number of methoxy groups -OCH3 is 1. The van der Waals surface area contributed by atoms with Crippen molar-refractivity contribution in [3.8, 4) is 5.75 Å².